The van der Waals surface area contributed by atoms with Crippen molar-refractivity contribution in [2.75, 3.05) is 27.2 Å². The lowest BCUT2D eigenvalue weighted by molar-refractivity contribution is 0.254. The molecule has 3 N–H and O–H groups in total. The first-order valence-corrected chi connectivity index (χ1v) is 5.01. The molecule has 1 atom stereocenters. The van der Waals surface area contributed by atoms with E-state index in [0.717, 1.165) is 19.0 Å². The quantitative estimate of drug-likeness (QED) is 0.499. The van der Waals surface area contributed by atoms with Gasteiger partial charge in [0.05, 0.1) is 0 Å². The number of rotatable bonds is 4. The number of allylic oxidation sites excluding steroid dienone is 1. The molecule has 3 nitrogen and oxygen atoms in total. The summed E-state index contributed by atoms with van der Waals surface area (Å²) in [4.78, 5) is 0. The fraction of sp³-hybridized carbons (Fsp3) is 0.800. The number of hydrogen-bond donors (Lipinski definition) is 2. The molecule has 0 saturated heterocycles. The zero-order chi connectivity index (χ0) is 9.68. The summed E-state index contributed by atoms with van der Waals surface area (Å²) < 4.78 is 0. The largest absolute Gasteiger partial charge is 0.327 e. The maximum absolute atomic E-state index is 5.58. The lowest BCUT2D eigenvalue weighted by Crippen LogP contribution is -2.35. The number of hydrazine groups is 1. The van der Waals surface area contributed by atoms with Gasteiger partial charge in [-0.3, -0.25) is 10.4 Å². The van der Waals surface area contributed by atoms with Crippen LogP contribution >= 0.6 is 0 Å². The minimum Gasteiger partial charge on any atom is -0.327 e. The number of nitrogens with zero attached hydrogens (tertiary/aromatic N) is 1. The molecular weight excluding hydrogens is 162 g/mol. The molecule has 0 bridgehead atoms. The Labute approximate surface area is 80.9 Å². The third kappa shape index (κ3) is 3.89. The molecule has 0 amide bonds. The molecule has 13 heavy (non-hydrogen) atoms. The van der Waals surface area contributed by atoms with Crippen molar-refractivity contribution in [3.8, 4) is 0 Å². The first kappa shape index (κ1) is 10.7. The van der Waals surface area contributed by atoms with E-state index in [1.165, 1.54) is 24.8 Å². The Morgan fingerprint density at radius 2 is 2.38 bits per heavy atom. The Kier molecular flexibility index (Phi) is 4.42. The summed E-state index contributed by atoms with van der Waals surface area (Å²) in [6.07, 6.45) is 5.97. The van der Waals surface area contributed by atoms with Crippen molar-refractivity contribution in [1.82, 2.24) is 10.4 Å². The van der Waals surface area contributed by atoms with Gasteiger partial charge < -0.3 is 5.73 Å². The second-order valence-corrected chi connectivity index (χ2v) is 3.96. The maximum atomic E-state index is 5.58. The molecule has 0 aromatic carbocycles. The van der Waals surface area contributed by atoms with Crippen molar-refractivity contribution >= 4 is 0 Å². The lowest BCUT2D eigenvalue weighted by Gasteiger charge is -2.23. The molecule has 0 radical (unpaired) electrons. The van der Waals surface area contributed by atoms with E-state index >= 15 is 0 Å². The van der Waals surface area contributed by atoms with Gasteiger partial charge in [0, 0.05) is 27.2 Å². The molecule has 0 fully saturated rings. The average Bonchev–Trinajstić information content (AvgIpc) is 2.15. The third-order valence-corrected chi connectivity index (χ3v) is 2.57. The zero-order valence-corrected chi connectivity index (χ0v) is 8.71. The first-order valence-electron chi connectivity index (χ1n) is 5.01. The van der Waals surface area contributed by atoms with Gasteiger partial charge >= 0.3 is 0 Å². The summed E-state index contributed by atoms with van der Waals surface area (Å²) in [7, 11) is 4.06. The van der Waals surface area contributed by atoms with Gasteiger partial charge in [-0.05, 0) is 25.2 Å². The zero-order valence-electron chi connectivity index (χ0n) is 8.71. The van der Waals surface area contributed by atoms with Crippen molar-refractivity contribution in [3.63, 3.8) is 0 Å². The van der Waals surface area contributed by atoms with E-state index in [0.29, 0.717) is 0 Å². The van der Waals surface area contributed by atoms with E-state index in [1.807, 2.05) is 19.1 Å². The minimum absolute atomic E-state index is 0.744. The van der Waals surface area contributed by atoms with Gasteiger partial charge in [-0.25, -0.2) is 0 Å². The Balaban J connectivity index is 2.21. The Morgan fingerprint density at radius 3 is 2.85 bits per heavy atom. The molecule has 1 rings (SSSR count). The highest BCUT2D eigenvalue weighted by molar-refractivity contribution is 5.07. The molecule has 0 aromatic rings. The topological polar surface area (TPSA) is 41.3 Å². The molecule has 0 saturated carbocycles. The molecule has 0 heterocycles. The van der Waals surface area contributed by atoms with E-state index in [4.69, 9.17) is 5.73 Å². The lowest BCUT2D eigenvalue weighted by atomic mass is 9.90. The predicted octanol–water partition coefficient (Wildman–Crippen LogP) is 0.738. The Hall–Kier alpha value is -0.380. The van der Waals surface area contributed by atoms with Gasteiger partial charge in [0.1, 0.15) is 0 Å². The molecule has 1 aliphatic rings. The normalized spacial score (nSPS) is 23.4. The molecule has 1 aliphatic carbocycles. The van der Waals surface area contributed by atoms with Crippen LogP contribution in [-0.2, 0) is 0 Å². The van der Waals surface area contributed by atoms with Crippen LogP contribution in [0, 0.1) is 5.92 Å². The summed E-state index contributed by atoms with van der Waals surface area (Å²) in [5.41, 5.74) is 10.3. The highest BCUT2D eigenvalue weighted by Gasteiger charge is 2.13. The summed E-state index contributed by atoms with van der Waals surface area (Å²) in [6, 6.07) is 0. The van der Waals surface area contributed by atoms with E-state index in [1.54, 1.807) is 0 Å². The van der Waals surface area contributed by atoms with Crippen LogP contribution in [-0.4, -0.2) is 32.2 Å². The standard InChI is InChI=1S/C10H21N3/c1-13(2)12-8-10-5-3-9(7-11)4-6-10/h3,10,12H,4-8,11H2,1-2H3. The summed E-state index contributed by atoms with van der Waals surface area (Å²) in [6.45, 7) is 1.83. The highest BCUT2D eigenvalue weighted by atomic mass is 15.5. The minimum atomic E-state index is 0.744. The van der Waals surface area contributed by atoms with Crippen LogP contribution in [0.3, 0.4) is 0 Å². The molecule has 0 spiro atoms. The van der Waals surface area contributed by atoms with E-state index < -0.39 is 0 Å². The molecule has 76 valence electrons. The highest BCUT2D eigenvalue weighted by Crippen LogP contribution is 2.21. The van der Waals surface area contributed by atoms with Crippen LogP contribution in [0.2, 0.25) is 0 Å². The summed E-state index contributed by atoms with van der Waals surface area (Å²) in [5, 5.41) is 2.02. The Bertz CT molecular complexity index is 175. The van der Waals surface area contributed by atoms with Crippen LogP contribution in [0.4, 0.5) is 0 Å². The number of nitrogens with one attached hydrogen (secondary N) is 1. The van der Waals surface area contributed by atoms with Crippen molar-refractivity contribution < 1.29 is 0 Å². The second kappa shape index (κ2) is 5.37. The smallest absolute Gasteiger partial charge is 0.0136 e. The summed E-state index contributed by atoms with van der Waals surface area (Å²) in [5.74, 6) is 0.790. The van der Waals surface area contributed by atoms with Crippen molar-refractivity contribution in [1.29, 1.82) is 0 Å². The van der Waals surface area contributed by atoms with Crippen molar-refractivity contribution in [2.45, 2.75) is 19.3 Å². The predicted molar refractivity (Wildman–Crippen MR) is 56.2 cm³/mol. The molecule has 1 unspecified atom stereocenters. The fourth-order valence-electron chi connectivity index (χ4n) is 1.63. The third-order valence-electron chi connectivity index (χ3n) is 2.57. The van der Waals surface area contributed by atoms with Crippen LogP contribution in [0.1, 0.15) is 19.3 Å². The summed E-state index contributed by atoms with van der Waals surface area (Å²) >= 11 is 0. The van der Waals surface area contributed by atoms with Gasteiger partial charge in [-0.15, -0.1) is 0 Å². The average molecular weight is 183 g/mol. The van der Waals surface area contributed by atoms with Crippen LogP contribution in [0.5, 0.6) is 0 Å². The fourth-order valence-corrected chi connectivity index (χ4v) is 1.63. The van der Waals surface area contributed by atoms with E-state index in [2.05, 4.69) is 11.5 Å². The van der Waals surface area contributed by atoms with E-state index in [9.17, 15) is 0 Å². The van der Waals surface area contributed by atoms with Gasteiger partial charge in [0.15, 0.2) is 0 Å². The number of hydrogen-bond acceptors (Lipinski definition) is 3. The molecular formula is C10H21N3. The van der Waals surface area contributed by atoms with Crippen LogP contribution < -0.4 is 11.2 Å². The first-order chi connectivity index (χ1) is 6.22. The van der Waals surface area contributed by atoms with Gasteiger partial charge in [-0.1, -0.05) is 11.6 Å². The number of nitrogens with two attached hydrogens (primary N) is 1. The molecule has 0 aromatic heterocycles. The van der Waals surface area contributed by atoms with Crippen molar-refractivity contribution in [2.24, 2.45) is 11.7 Å². The Morgan fingerprint density at radius 1 is 1.62 bits per heavy atom. The van der Waals surface area contributed by atoms with Crippen molar-refractivity contribution in [3.05, 3.63) is 11.6 Å². The SMILES string of the molecule is CN(C)NCC1CC=C(CN)CC1. The van der Waals surface area contributed by atoms with Crippen LogP contribution in [0.15, 0.2) is 11.6 Å². The van der Waals surface area contributed by atoms with Gasteiger partial charge in [0.2, 0.25) is 0 Å². The van der Waals surface area contributed by atoms with Crippen LogP contribution in [0.25, 0.3) is 0 Å². The molecule has 0 aliphatic heterocycles. The maximum Gasteiger partial charge on any atom is 0.0136 e. The molecule has 3 heteroatoms. The second-order valence-electron chi connectivity index (χ2n) is 3.96. The van der Waals surface area contributed by atoms with Gasteiger partial charge in [-0.2, -0.15) is 0 Å². The van der Waals surface area contributed by atoms with Gasteiger partial charge in [0.25, 0.3) is 0 Å². The monoisotopic (exact) mass is 183 g/mol. The van der Waals surface area contributed by atoms with E-state index in [-0.39, 0.29) is 0 Å².